The molecule has 0 radical (unpaired) electrons. The Morgan fingerprint density at radius 1 is 1.08 bits per heavy atom. The molecule has 0 saturated carbocycles. The second kappa shape index (κ2) is 6.68. The smallest absolute Gasteiger partial charge is 0.320 e. The molecule has 6 nitrogen and oxygen atoms in total. The molecule has 0 fully saturated rings. The Balaban J connectivity index is 2.29. The van der Waals surface area contributed by atoms with Gasteiger partial charge in [-0.05, 0) is 18.2 Å². The molecule has 2 amide bonds. The molecule has 1 unspecified atom stereocenters. The second-order valence-electron chi connectivity index (χ2n) is 5.30. The van der Waals surface area contributed by atoms with Crippen LogP contribution in [0.2, 0.25) is 5.02 Å². The van der Waals surface area contributed by atoms with Crippen molar-refractivity contribution in [2.24, 2.45) is 0 Å². The number of rotatable bonds is 4. The van der Waals surface area contributed by atoms with Gasteiger partial charge in [-0.25, -0.2) is 9.18 Å². The highest BCUT2D eigenvalue weighted by molar-refractivity contribution is 6.30. The number of halogens is 2. The van der Waals surface area contributed by atoms with Gasteiger partial charge in [0.25, 0.3) is 0 Å². The van der Waals surface area contributed by atoms with Gasteiger partial charge in [0, 0.05) is 22.2 Å². The predicted molar refractivity (Wildman–Crippen MR) is 91.5 cm³/mol. The minimum absolute atomic E-state index is 0.217. The molecule has 1 atom stereocenters. The first-order valence-electron chi connectivity index (χ1n) is 7.35. The van der Waals surface area contributed by atoms with Crippen LogP contribution in [0.15, 0.2) is 24.3 Å². The number of nitrogens with one attached hydrogen (secondary N) is 2. The number of methoxy groups -OCH3 is 3. The highest BCUT2D eigenvalue weighted by atomic mass is 35.5. The first-order valence-corrected chi connectivity index (χ1v) is 7.73. The first-order chi connectivity index (χ1) is 12.0. The Morgan fingerprint density at radius 2 is 1.80 bits per heavy atom. The van der Waals surface area contributed by atoms with Crippen molar-refractivity contribution in [2.45, 2.75) is 6.04 Å². The molecule has 2 aromatic rings. The minimum atomic E-state index is -0.808. The van der Waals surface area contributed by atoms with Crippen LogP contribution in [0.4, 0.5) is 14.9 Å². The maximum Gasteiger partial charge on any atom is 0.320 e. The lowest BCUT2D eigenvalue weighted by Crippen LogP contribution is -2.39. The number of fused-ring (bicyclic) bond motifs is 1. The van der Waals surface area contributed by atoms with Gasteiger partial charge in [0.2, 0.25) is 5.75 Å². The van der Waals surface area contributed by atoms with Crippen LogP contribution in [0.5, 0.6) is 17.2 Å². The topological polar surface area (TPSA) is 68.8 Å². The zero-order valence-electron chi connectivity index (χ0n) is 13.8. The number of anilines is 1. The summed E-state index contributed by atoms with van der Waals surface area (Å²) in [5, 5.41) is 5.72. The van der Waals surface area contributed by atoms with Crippen LogP contribution in [0.3, 0.4) is 0 Å². The van der Waals surface area contributed by atoms with Gasteiger partial charge in [-0.3, -0.25) is 0 Å². The normalized spacial score (nSPS) is 15.7. The molecule has 0 spiro atoms. The van der Waals surface area contributed by atoms with Crippen LogP contribution in [-0.2, 0) is 0 Å². The SMILES string of the molecule is COc1cc2c(c(OC)c1OC)C(c1cc(Cl)ccc1F)NC(=O)N2. The fourth-order valence-electron chi connectivity index (χ4n) is 2.90. The van der Waals surface area contributed by atoms with E-state index in [4.69, 9.17) is 25.8 Å². The number of benzene rings is 2. The zero-order chi connectivity index (χ0) is 18.1. The summed E-state index contributed by atoms with van der Waals surface area (Å²) in [6, 6.07) is 4.47. The first kappa shape index (κ1) is 17.2. The molecule has 0 saturated heterocycles. The van der Waals surface area contributed by atoms with Crippen molar-refractivity contribution in [3.63, 3.8) is 0 Å². The molecule has 25 heavy (non-hydrogen) atoms. The highest BCUT2D eigenvalue weighted by Gasteiger charge is 2.34. The van der Waals surface area contributed by atoms with Gasteiger partial charge in [0.05, 0.1) is 33.1 Å². The average Bonchev–Trinajstić information content (AvgIpc) is 2.61. The van der Waals surface area contributed by atoms with Crippen LogP contribution < -0.4 is 24.8 Å². The highest BCUT2D eigenvalue weighted by Crippen LogP contribution is 2.49. The van der Waals surface area contributed by atoms with E-state index in [9.17, 15) is 9.18 Å². The number of urea groups is 1. The molecule has 8 heteroatoms. The number of amides is 2. The Morgan fingerprint density at radius 3 is 2.44 bits per heavy atom. The van der Waals surface area contributed by atoms with Crippen molar-refractivity contribution in [3.8, 4) is 17.2 Å². The maximum atomic E-state index is 14.4. The molecule has 2 N–H and O–H groups in total. The summed E-state index contributed by atoms with van der Waals surface area (Å²) >= 11 is 6.01. The van der Waals surface area contributed by atoms with Crippen LogP contribution in [0.25, 0.3) is 0 Å². The summed E-state index contributed by atoms with van der Waals surface area (Å²) in [4.78, 5) is 12.1. The van der Waals surface area contributed by atoms with Gasteiger partial charge in [-0.1, -0.05) is 11.6 Å². The Bertz CT molecular complexity index is 844. The summed E-state index contributed by atoms with van der Waals surface area (Å²) in [5.41, 5.74) is 1.16. The van der Waals surface area contributed by atoms with E-state index in [1.807, 2.05) is 0 Å². The Kier molecular flexibility index (Phi) is 4.59. The fraction of sp³-hybridized carbons (Fsp3) is 0.235. The third-order valence-electron chi connectivity index (χ3n) is 3.95. The molecular formula is C17H16ClFN2O4. The van der Waals surface area contributed by atoms with E-state index in [1.165, 1.54) is 39.5 Å². The molecule has 0 bridgehead atoms. The van der Waals surface area contributed by atoms with E-state index in [1.54, 1.807) is 6.07 Å². The van der Waals surface area contributed by atoms with E-state index in [0.717, 1.165) is 0 Å². The molecule has 3 rings (SSSR count). The van der Waals surface area contributed by atoms with E-state index >= 15 is 0 Å². The molecule has 0 aliphatic carbocycles. The molecule has 2 aromatic carbocycles. The van der Waals surface area contributed by atoms with Crippen LogP contribution >= 0.6 is 11.6 Å². The van der Waals surface area contributed by atoms with E-state index in [-0.39, 0.29) is 5.56 Å². The summed E-state index contributed by atoms with van der Waals surface area (Å²) in [6.45, 7) is 0. The summed E-state index contributed by atoms with van der Waals surface area (Å²) in [7, 11) is 4.40. The van der Waals surface area contributed by atoms with Crippen molar-refractivity contribution in [1.29, 1.82) is 0 Å². The third-order valence-corrected chi connectivity index (χ3v) is 4.18. The largest absolute Gasteiger partial charge is 0.493 e. The van der Waals surface area contributed by atoms with Crippen LogP contribution in [-0.4, -0.2) is 27.4 Å². The summed E-state index contributed by atoms with van der Waals surface area (Å²) in [6.07, 6.45) is 0. The lowest BCUT2D eigenvalue weighted by Gasteiger charge is -2.30. The van der Waals surface area contributed by atoms with Crippen molar-refractivity contribution in [3.05, 3.63) is 46.2 Å². The average molecular weight is 367 g/mol. The van der Waals surface area contributed by atoms with Crippen LogP contribution in [0, 0.1) is 5.82 Å². The fourth-order valence-corrected chi connectivity index (χ4v) is 3.08. The van der Waals surface area contributed by atoms with Crippen molar-refractivity contribution in [2.75, 3.05) is 26.6 Å². The molecule has 1 aliphatic rings. The number of ether oxygens (including phenoxy) is 3. The third kappa shape index (κ3) is 2.91. The monoisotopic (exact) mass is 366 g/mol. The number of hydrogen-bond acceptors (Lipinski definition) is 4. The molecule has 1 aliphatic heterocycles. The number of carbonyl (C=O) groups excluding carboxylic acids is 1. The summed E-state index contributed by atoms with van der Waals surface area (Å²) in [5.74, 6) is 0.549. The van der Waals surface area contributed by atoms with Crippen molar-refractivity contribution >= 4 is 23.3 Å². The van der Waals surface area contributed by atoms with Gasteiger partial charge >= 0.3 is 6.03 Å². The van der Waals surface area contributed by atoms with Crippen molar-refractivity contribution in [1.82, 2.24) is 5.32 Å². The van der Waals surface area contributed by atoms with Gasteiger partial charge in [-0.15, -0.1) is 0 Å². The van der Waals surface area contributed by atoms with Gasteiger partial charge in [0.1, 0.15) is 5.82 Å². The molecular weight excluding hydrogens is 351 g/mol. The Hall–Kier alpha value is -2.67. The molecule has 0 aromatic heterocycles. The Labute approximate surface area is 148 Å². The molecule has 132 valence electrons. The van der Waals surface area contributed by atoms with E-state index < -0.39 is 17.9 Å². The minimum Gasteiger partial charge on any atom is -0.493 e. The maximum absolute atomic E-state index is 14.4. The molecule has 1 heterocycles. The summed E-state index contributed by atoms with van der Waals surface area (Å²) < 4.78 is 30.6. The number of carbonyl (C=O) groups is 1. The van der Waals surface area contributed by atoms with E-state index in [2.05, 4.69) is 10.6 Å². The van der Waals surface area contributed by atoms with Crippen LogP contribution in [0.1, 0.15) is 17.2 Å². The van der Waals surface area contributed by atoms with E-state index in [0.29, 0.717) is 33.5 Å². The van der Waals surface area contributed by atoms with Gasteiger partial charge in [-0.2, -0.15) is 0 Å². The lowest BCUT2D eigenvalue weighted by molar-refractivity contribution is 0.248. The van der Waals surface area contributed by atoms with Gasteiger partial charge < -0.3 is 24.8 Å². The zero-order valence-corrected chi connectivity index (χ0v) is 14.5. The number of hydrogen-bond donors (Lipinski definition) is 2. The second-order valence-corrected chi connectivity index (χ2v) is 5.74. The standard InChI is InChI=1S/C17H16ClFN2O4/c1-23-12-7-11-13(16(25-3)15(12)24-2)14(21-17(22)20-11)9-6-8(18)4-5-10(9)19/h4-7,14H,1-3H3,(H2,20,21,22). The van der Waals surface area contributed by atoms with Crippen molar-refractivity contribution < 1.29 is 23.4 Å². The van der Waals surface area contributed by atoms with Gasteiger partial charge in [0.15, 0.2) is 11.5 Å². The quantitative estimate of drug-likeness (QED) is 0.865. The predicted octanol–water partition coefficient (Wildman–Crippen LogP) is 3.73. The lowest BCUT2D eigenvalue weighted by atomic mass is 9.93.